The van der Waals surface area contributed by atoms with Crippen molar-refractivity contribution in [3.05, 3.63) is 59.7 Å². The molecule has 2 aromatic rings. The van der Waals surface area contributed by atoms with E-state index in [-0.39, 0.29) is 5.75 Å². The second-order valence-corrected chi connectivity index (χ2v) is 5.08. The van der Waals surface area contributed by atoms with E-state index in [1.165, 1.54) is 5.56 Å². The number of nitrogens with zero attached hydrogens (tertiary/aromatic N) is 1. The minimum absolute atomic E-state index is 0.232. The summed E-state index contributed by atoms with van der Waals surface area (Å²) >= 11 is 5.19. The van der Waals surface area contributed by atoms with Gasteiger partial charge in [-0.05, 0) is 68.0 Å². The van der Waals surface area contributed by atoms with Gasteiger partial charge in [-0.3, -0.25) is 5.43 Å². The highest BCUT2D eigenvalue weighted by Crippen LogP contribution is 2.10. The fourth-order valence-electron chi connectivity index (χ4n) is 1.70. The van der Waals surface area contributed by atoms with Gasteiger partial charge in [0, 0.05) is 5.69 Å². The number of benzene rings is 2. The summed E-state index contributed by atoms with van der Waals surface area (Å²) in [4.78, 5) is 0. The number of aromatic hydroxyl groups is 1. The van der Waals surface area contributed by atoms with Crippen LogP contribution in [0.3, 0.4) is 0 Å². The van der Waals surface area contributed by atoms with E-state index in [1.54, 1.807) is 24.3 Å². The zero-order valence-electron chi connectivity index (χ0n) is 11.9. The quantitative estimate of drug-likeness (QED) is 0.462. The summed E-state index contributed by atoms with van der Waals surface area (Å²) in [5.74, 6) is 0.232. The van der Waals surface area contributed by atoms with Crippen LogP contribution in [0, 0.1) is 6.92 Å². The van der Waals surface area contributed by atoms with E-state index in [0.717, 1.165) is 17.0 Å². The summed E-state index contributed by atoms with van der Waals surface area (Å²) in [5, 5.41) is 17.0. The van der Waals surface area contributed by atoms with E-state index < -0.39 is 0 Å². The summed E-state index contributed by atoms with van der Waals surface area (Å²) in [6, 6.07) is 14.8. The Balaban J connectivity index is 1.94. The summed E-state index contributed by atoms with van der Waals surface area (Å²) in [5.41, 5.74) is 6.61. The molecule has 0 saturated carbocycles. The zero-order valence-corrected chi connectivity index (χ0v) is 12.7. The van der Waals surface area contributed by atoms with Crippen LogP contribution < -0.4 is 10.7 Å². The second-order valence-electron chi connectivity index (χ2n) is 4.68. The number of hydrogen-bond donors (Lipinski definition) is 3. The molecule has 0 amide bonds. The molecule has 0 aliphatic carbocycles. The first-order chi connectivity index (χ1) is 10.0. The maximum Gasteiger partial charge on any atom is 0.191 e. The van der Waals surface area contributed by atoms with Crippen molar-refractivity contribution in [1.29, 1.82) is 0 Å². The van der Waals surface area contributed by atoms with Crippen LogP contribution in [0.1, 0.15) is 18.1 Å². The van der Waals surface area contributed by atoms with Crippen LogP contribution in [0.5, 0.6) is 5.75 Å². The van der Waals surface area contributed by atoms with Crippen LogP contribution in [-0.2, 0) is 0 Å². The maximum atomic E-state index is 9.25. The minimum atomic E-state index is 0.232. The van der Waals surface area contributed by atoms with E-state index in [9.17, 15) is 5.11 Å². The number of hydrogen-bond acceptors (Lipinski definition) is 3. The maximum absolute atomic E-state index is 9.25. The fraction of sp³-hybridized carbons (Fsp3) is 0.125. The lowest BCUT2D eigenvalue weighted by molar-refractivity contribution is 0.475. The molecule has 108 valence electrons. The van der Waals surface area contributed by atoms with Gasteiger partial charge in [-0.2, -0.15) is 5.10 Å². The molecule has 0 fully saturated rings. The Kier molecular flexibility index (Phi) is 4.90. The predicted molar refractivity (Wildman–Crippen MR) is 90.9 cm³/mol. The van der Waals surface area contributed by atoms with Crippen molar-refractivity contribution in [2.45, 2.75) is 13.8 Å². The average Bonchev–Trinajstić information content (AvgIpc) is 2.48. The van der Waals surface area contributed by atoms with E-state index in [4.69, 9.17) is 12.2 Å². The molecule has 0 spiro atoms. The van der Waals surface area contributed by atoms with E-state index >= 15 is 0 Å². The Morgan fingerprint density at radius 2 is 1.67 bits per heavy atom. The zero-order chi connectivity index (χ0) is 15.2. The van der Waals surface area contributed by atoms with Gasteiger partial charge >= 0.3 is 0 Å². The van der Waals surface area contributed by atoms with Crippen LogP contribution in [0.2, 0.25) is 0 Å². The van der Waals surface area contributed by atoms with Crippen molar-refractivity contribution in [2.24, 2.45) is 5.10 Å². The van der Waals surface area contributed by atoms with E-state index in [2.05, 4.69) is 15.8 Å². The third-order valence-corrected chi connectivity index (χ3v) is 3.11. The molecule has 4 nitrogen and oxygen atoms in total. The van der Waals surface area contributed by atoms with Crippen LogP contribution in [-0.4, -0.2) is 15.9 Å². The van der Waals surface area contributed by atoms with E-state index in [1.807, 2.05) is 38.1 Å². The average molecular weight is 299 g/mol. The smallest absolute Gasteiger partial charge is 0.191 e. The molecule has 0 aliphatic rings. The summed E-state index contributed by atoms with van der Waals surface area (Å²) in [6.07, 6.45) is 0. The van der Waals surface area contributed by atoms with Crippen molar-refractivity contribution in [2.75, 3.05) is 5.32 Å². The summed E-state index contributed by atoms with van der Waals surface area (Å²) < 4.78 is 0. The predicted octanol–water partition coefficient (Wildman–Crippen LogP) is 3.41. The van der Waals surface area contributed by atoms with Crippen LogP contribution >= 0.6 is 12.2 Å². The molecule has 0 atom stereocenters. The Labute approximate surface area is 129 Å². The van der Waals surface area contributed by atoms with Crippen molar-refractivity contribution >= 4 is 28.7 Å². The molecule has 0 aliphatic heterocycles. The number of anilines is 1. The first kappa shape index (κ1) is 15.0. The number of phenolic OH excluding ortho intramolecular Hbond substituents is 1. The highest BCUT2D eigenvalue weighted by atomic mass is 32.1. The lowest BCUT2D eigenvalue weighted by atomic mass is 10.1. The number of nitrogens with one attached hydrogen (secondary N) is 2. The normalized spacial score (nSPS) is 11.0. The number of thiocarbonyl (C=S) groups is 1. The Morgan fingerprint density at radius 3 is 2.29 bits per heavy atom. The van der Waals surface area contributed by atoms with Crippen LogP contribution in [0.25, 0.3) is 0 Å². The molecule has 0 bridgehead atoms. The monoisotopic (exact) mass is 299 g/mol. The minimum Gasteiger partial charge on any atom is -0.508 e. The Morgan fingerprint density at radius 1 is 1.05 bits per heavy atom. The molecule has 21 heavy (non-hydrogen) atoms. The Bertz CT molecular complexity index is 648. The third-order valence-electron chi connectivity index (χ3n) is 2.92. The standard InChI is InChI=1S/C16H17N3OS/c1-11-3-7-14(8-4-11)17-16(21)19-18-12(2)13-5-9-15(20)10-6-13/h3-10,20H,1-2H3,(H2,17,19,21). The van der Waals surface area contributed by atoms with Gasteiger partial charge in [0.15, 0.2) is 5.11 Å². The molecule has 5 heteroatoms. The number of rotatable bonds is 3. The molecule has 0 heterocycles. The third kappa shape index (κ3) is 4.57. The molecular formula is C16H17N3OS. The van der Waals surface area contributed by atoms with Crippen molar-refractivity contribution in [3.8, 4) is 5.75 Å². The van der Waals surface area contributed by atoms with Gasteiger partial charge in [0.2, 0.25) is 0 Å². The van der Waals surface area contributed by atoms with Gasteiger partial charge in [0.1, 0.15) is 5.75 Å². The van der Waals surface area contributed by atoms with Crippen molar-refractivity contribution in [3.63, 3.8) is 0 Å². The highest BCUT2D eigenvalue weighted by Gasteiger charge is 1.99. The van der Waals surface area contributed by atoms with Gasteiger partial charge in [0.25, 0.3) is 0 Å². The van der Waals surface area contributed by atoms with Crippen molar-refractivity contribution < 1.29 is 5.11 Å². The molecule has 0 aromatic heterocycles. The lowest BCUT2D eigenvalue weighted by Gasteiger charge is -2.08. The topological polar surface area (TPSA) is 56.7 Å². The SMILES string of the molecule is CC(=NNC(=S)Nc1ccc(C)cc1)c1ccc(O)cc1. The molecule has 0 unspecified atom stereocenters. The Hall–Kier alpha value is -2.40. The molecule has 2 rings (SSSR count). The lowest BCUT2D eigenvalue weighted by Crippen LogP contribution is -2.24. The number of phenols is 1. The van der Waals surface area contributed by atoms with Gasteiger partial charge < -0.3 is 10.4 Å². The summed E-state index contributed by atoms with van der Waals surface area (Å²) in [7, 11) is 0. The first-order valence-electron chi connectivity index (χ1n) is 6.52. The molecule has 2 aromatic carbocycles. The summed E-state index contributed by atoms with van der Waals surface area (Å²) in [6.45, 7) is 3.90. The van der Waals surface area contributed by atoms with Crippen LogP contribution in [0.4, 0.5) is 5.69 Å². The highest BCUT2D eigenvalue weighted by molar-refractivity contribution is 7.80. The second kappa shape index (κ2) is 6.85. The molecular weight excluding hydrogens is 282 g/mol. The molecule has 0 radical (unpaired) electrons. The first-order valence-corrected chi connectivity index (χ1v) is 6.93. The molecule has 0 saturated heterocycles. The van der Waals surface area contributed by atoms with Crippen molar-refractivity contribution in [1.82, 2.24) is 5.43 Å². The largest absolute Gasteiger partial charge is 0.508 e. The van der Waals surface area contributed by atoms with E-state index in [0.29, 0.717) is 5.11 Å². The van der Waals surface area contributed by atoms with Crippen LogP contribution in [0.15, 0.2) is 53.6 Å². The number of aryl methyl sites for hydroxylation is 1. The van der Waals surface area contributed by atoms with Gasteiger partial charge in [-0.1, -0.05) is 17.7 Å². The van der Waals surface area contributed by atoms with Gasteiger partial charge in [0.05, 0.1) is 5.71 Å². The molecule has 3 N–H and O–H groups in total. The fourth-order valence-corrected chi connectivity index (χ4v) is 1.86. The van der Waals surface area contributed by atoms with Gasteiger partial charge in [-0.25, -0.2) is 0 Å². The van der Waals surface area contributed by atoms with Gasteiger partial charge in [-0.15, -0.1) is 0 Å². The number of hydrazone groups is 1.